The molecule has 4 heteroatoms. The number of aldehydes is 1. The maximum atomic E-state index is 11.3. The first-order valence-electron chi connectivity index (χ1n) is 6.92. The summed E-state index contributed by atoms with van der Waals surface area (Å²) in [4.78, 5) is 13.7. The number of anilines is 1. The van der Waals surface area contributed by atoms with Crippen molar-refractivity contribution >= 4 is 27.9 Å². The quantitative estimate of drug-likeness (QED) is 0.781. The predicted octanol–water partition coefficient (Wildman–Crippen LogP) is 3.41. The molecular formula is C15H18BrNO2. The molecule has 1 aliphatic carbocycles. The molecule has 2 fully saturated rings. The third kappa shape index (κ3) is 2.56. The van der Waals surface area contributed by atoms with Gasteiger partial charge in [-0.25, -0.2) is 0 Å². The zero-order chi connectivity index (χ0) is 13.2. The molecule has 2 unspecified atom stereocenters. The number of carbonyl (C=O) groups excluding carboxylic acids is 1. The number of morpholine rings is 1. The lowest BCUT2D eigenvalue weighted by Gasteiger charge is -2.45. The van der Waals surface area contributed by atoms with E-state index in [1.807, 2.05) is 18.2 Å². The Hall–Kier alpha value is -0.870. The van der Waals surface area contributed by atoms with E-state index in [2.05, 4.69) is 20.8 Å². The minimum Gasteiger partial charge on any atom is -0.374 e. The second-order valence-electron chi connectivity index (χ2n) is 5.28. The van der Waals surface area contributed by atoms with Gasteiger partial charge < -0.3 is 9.64 Å². The lowest BCUT2D eigenvalue weighted by Crippen LogP contribution is -2.53. The van der Waals surface area contributed by atoms with E-state index in [0.717, 1.165) is 41.6 Å². The fraction of sp³-hybridized carbons (Fsp3) is 0.533. The standard InChI is InChI=1S/C15H18BrNO2/c16-12-5-6-13(11(9-12)10-18)17-7-8-19-15-4-2-1-3-14(15)17/h5-6,9-10,14-15H,1-4,7-8H2. The van der Waals surface area contributed by atoms with Crippen molar-refractivity contribution in [1.82, 2.24) is 0 Å². The third-order valence-electron chi connectivity index (χ3n) is 4.16. The normalized spacial score (nSPS) is 26.9. The van der Waals surface area contributed by atoms with Crippen LogP contribution < -0.4 is 4.90 Å². The summed E-state index contributed by atoms with van der Waals surface area (Å²) in [6.45, 7) is 1.64. The van der Waals surface area contributed by atoms with Gasteiger partial charge in [0.15, 0.2) is 6.29 Å². The van der Waals surface area contributed by atoms with Crippen molar-refractivity contribution < 1.29 is 9.53 Å². The molecule has 1 heterocycles. The van der Waals surface area contributed by atoms with Crippen LogP contribution in [0.25, 0.3) is 0 Å². The van der Waals surface area contributed by atoms with Crippen LogP contribution in [-0.2, 0) is 4.74 Å². The fourth-order valence-corrected chi connectivity index (χ4v) is 3.66. The number of carbonyl (C=O) groups is 1. The van der Waals surface area contributed by atoms with E-state index >= 15 is 0 Å². The molecule has 19 heavy (non-hydrogen) atoms. The van der Waals surface area contributed by atoms with E-state index in [-0.39, 0.29) is 0 Å². The predicted molar refractivity (Wildman–Crippen MR) is 78.9 cm³/mol. The molecule has 2 atom stereocenters. The van der Waals surface area contributed by atoms with Crippen LogP contribution in [0.5, 0.6) is 0 Å². The number of hydrogen-bond donors (Lipinski definition) is 0. The largest absolute Gasteiger partial charge is 0.374 e. The topological polar surface area (TPSA) is 29.5 Å². The van der Waals surface area contributed by atoms with Crippen LogP contribution in [0.2, 0.25) is 0 Å². The number of fused-ring (bicyclic) bond motifs is 1. The van der Waals surface area contributed by atoms with Gasteiger partial charge in [-0.15, -0.1) is 0 Å². The van der Waals surface area contributed by atoms with Gasteiger partial charge in [-0.3, -0.25) is 4.79 Å². The summed E-state index contributed by atoms with van der Waals surface area (Å²) in [6.07, 6.45) is 6.12. The maximum Gasteiger partial charge on any atom is 0.152 e. The van der Waals surface area contributed by atoms with Gasteiger partial charge in [0.2, 0.25) is 0 Å². The lowest BCUT2D eigenvalue weighted by atomic mass is 9.89. The van der Waals surface area contributed by atoms with Crippen molar-refractivity contribution in [2.45, 2.75) is 37.8 Å². The Labute approximate surface area is 122 Å². The highest BCUT2D eigenvalue weighted by Gasteiger charge is 2.34. The second-order valence-corrected chi connectivity index (χ2v) is 6.19. The van der Waals surface area contributed by atoms with Crippen molar-refractivity contribution in [3.63, 3.8) is 0 Å². The summed E-state index contributed by atoms with van der Waals surface area (Å²) in [5.41, 5.74) is 1.82. The van der Waals surface area contributed by atoms with Gasteiger partial charge >= 0.3 is 0 Å². The Bertz CT molecular complexity index is 475. The third-order valence-corrected chi connectivity index (χ3v) is 4.65. The van der Waals surface area contributed by atoms with Crippen LogP contribution in [0, 0.1) is 0 Å². The lowest BCUT2D eigenvalue weighted by molar-refractivity contribution is -0.00871. The Morgan fingerprint density at radius 2 is 2.16 bits per heavy atom. The summed E-state index contributed by atoms with van der Waals surface area (Å²) in [5.74, 6) is 0. The minimum atomic E-state index is 0.339. The molecule has 1 saturated carbocycles. The van der Waals surface area contributed by atoms with Crippen molar-refractivity contribution in [2.75, 3.05) is 18.1 Å². The van der Waals surface area contributed by atoms with Crippen LogP contribution in [0.4, 0.5) is 5.69 Å². The van der Waals surface area contributed by atoms with E-state index in [0.29, 0.717) is 12.1 Å². The van der Waals surface area contributed by atoms with Crippen LogP contribution >= 0.6 is 15.9 Å². The fourth-order valence-electron chi connectivity index (χ4n) is 3.28. The number of nitrogens with zero attached hydrogens (tertiary/aromatic N) is 1. The molecule has 0 spiro atoms. The number of ether oxygens (including phenoxy) is 1. The smallest absolute Gasteiger partial charge is 0.152 e. The van der Waals surface area contributed by atoms with Crippen molar-refractivity contribution in [3.05, 3.63) is 28.2 Å². The Balaban J connectivity index is 1.93. The van der Waals surface area contributed by atoms with Crippen molar-refractivity contribution in [3.8, 4) is 0 Å². The first-order valence-corrected chi connectivity index (χ1v) is 7.72. The molecular weight excluding hydrogens is 306 g/mol. The Morgan fingerprint density at radius 1 is 1.32 bits per heavy atom. The van der Waals surface area contributed by atoms with Crippen LogP contribution in [0.3, 0.4) is 0 Å². The molecule has 0 N–H and O–H groups in total. The molecule has 1 saturated heterocycles. The van der Waals surface area contributed by atoms with Crippen molar-refractivity contribution in [2.24, 2.45) is 0 Å². The summed E-state index contributed by atoms with van der Waals surface area (Å²) in [7, 11) is 0. The zero-order valence-electron chi connectivity index (χ0n) is 10.8. The molecule has 3 nitrogen and oxygen atoms in total. The number of benzene rings is 1. The molecule has 3 rings (SSSR count). The van der Waals surface area contributed by atoms with Gasteiger partial charge in [-0.05, 0) is 31.0 Å². The molecule has 2 aliphatic rings. The summed E-state index contributed by atoms with van der Waals surface area (Å²) < 4.78 is 6.84. The highest BCUT2D eigenvalue weighted by molar-refractivity contribution is 9.10. The molecule has 0 amide bonds. The average Bonchev–Trinajstić information content (AvgIpc) is 2.46. The second kappa shape index (κ2) is 5.63. The summed E-state index contributed by atoms with van der Waals surface area (Å²) >= 11 is 3.43. The van der Waals surface area contributed by atoms with E-state index in [4.69, 9.17) is 4.74 Å². The SMILES string of the molecule is O=Cc1cc(Br)ccc1N1CCOC2CCCCC21. The molecule has 102 valence electrons. The van der Waals surface area contributed by atoms with Gasteiger partial charge in [-0.2, -0.15) is 0 Å². The van der Waals surface area contributed by atoms with Crippen molar-refractivity contribution in [1.29, 1.82) is 0 Å². The first kappa shape index (κ1) is 13.1. The number of rotatable bonds is 2. The number of halogens is 1. The van der Waals surface area contributed by atoms with Crippen LogP contribution in [0.1, 0.15) is 36.0 Å². The monoisotopic (exact) mass is 323 g/mol. The molecule has 1 aromatic carbocycles. The average molecular weight is 324 g/mol. The highest BCUT2D eigenvalue weighted by atomic mass is 79.9. The van der Waals surface area contributed by atoms with E-state index in [1.165, 1.54) is 19.3 Å². The van der Waals surface area contributed by atoms with Gasteiger partial charge in [0.05, 0.1) is 18.8 Å². The summed E-state index contributed by atoms with van der Waals surface area (Å²) in [5, 5.41) is 0. The van der Waals surface area contributed by atoms with Gasteiger partial charge in [-0.1, -0.05) is 28.8 Å². The summed E-state index contributed by atoms with van der Waals surface area (Å²) in [6, 6.07) is 6.39. The Morgan fingerprint density at radius 3 is 3.00 bits per heavy atom. The van der Waals surface area contributed by atoms with Gasteiger partial charge in [0, 0.05) is 22.3 Å². The highest BCUT2D eigenvalue weighted by Crippen LogP contribution is 2.34. The van der Waals surface area contributed by atoms with E-state index in [9.17, 15) is 4.79 Å². The molecule has 1 aromatic rings. The van der Waals surface area contributed by atoms with Crippen LogP contribution in [-0.4, -0.2) is 31.6 Å². The van der Waals surface area contributed by atoms with Gasteiger partial charge in [0.25, 0.3) is 0 Å². The van der Waals surface area contributed by atoms with E-state index < -0.39 is 0 Å². The first-order chi connectivity index (χ1) is 9.29. The van der Waals surface area contributed by atoms with Gasteiger partial charge in [0.1, 0.15) is 0 Å². The number of hydrogen-bond acceptors (Lipinski definition) is 3. The molecule has 0 aromatic heterocycles. The Kier molecular flexibility index (Phi) is 3.89. The zero-order valence-corrected chi connectivity index (χ0v) is 12.4. The van der Waals surface area contributed by atoms with Crippen LogP contribution in [0.15, 0.2) is 22.7 Å². The molecule has 0 bridgehead atoms. The minimum absolute atomic E-state index is 0.339. The maximum absolute atomic E-state index is 11.3. The van der Waals surface area contributed by atoms with E-state index in [1.54, 1.807) is 0 Å². The molecule has 0 radical (unpaired) electrons. The molecule has 1 aliphatic heterocycles.